The number of likely N-dealkylation sites (tertiary alicyclic amines) is 1. The first-order chi connectivity index (χ1) is 14.0. The number of hydrogen-bond donors (Lipinski definition) is 2. The number of amides is 1. The molecule has 2 bridgehead atoms. The second-order valence-electron chi connectivity index (χ2n) is 8.74. The number of carbonyl (C=O) groups excluding carboxylic acids is 1. The third-order valence-corrected chi connectivity index (χ3v) is 6.84. The highest BCUT2D eigenvalue weighted by Crippen LogP contribution is 2.40. The van der Waals surface area contributed by atoms with Gasteiger partial charge in [-0.1, -0.05) is 6.07 Å². The van der Waals surface area contributed by atoms with Crippen molar-refractivity contribution in [3.63, 3.8) is 0 Å². The van der Waals surface area contributed by atoms with E-state index in [0.717, 1.165) is 25.2 Å². The summed E-state index contributed by atoms with van der Waals surface area (Å²) in [4.78, 5) is 32.1. The highest BCUT2D eigenvalue weighted by molar-refractivity contribution is 5.85. The molecule has 0 unspecified atom stereocenters. The summed E-state index contributed by atoms with van der Waals surface area (Å²) in [6.07, 6.45) is 7.22. The summed E-state index contributed by atoms with van der Waals surface area (Å²) in [6, 6.07) is 4.87. The van der Waals surface area contributed by atoms with Crippen LogP contribution in [0.4, 0.5) is 0 Å². The van der Waals surface area contributed by atoms with Crippen LogP contribution in [0.5, 0.6) is 0 Å². The first-order valence-corrected chi connectivity index (χ1v) is 10.4. The number of rotatable bonds is 3. The van der Waals surface area contributed by atoms with Gasteiger partial charge in [-0.15, -0.1) is 24.8 Å². The van der Waals surface area contributed by atoms with Gasteiger partial charge in [-0.3, -0.25) is 14.2 Å². The van der Waals surface area contributed by atoms with Crippen LogP contribution in [0.2, 0.25) is 0 Å². The van der Waals surface area contributed by atoms with Gasteiger partial charge in [0.2, 0.25) is 5.91 Å². The van der Waals surface area contributed by atoms with Crippen LogP contribution in [0.3, 0.4) is 0 Å². The summed E-state index contributed by atoms with van der Waals surface area (Å²) in [5.41, 5.74) is 0.0370. The number of imidazole rings is 1. The molecule has 10 heteroatoms. The van der Waals surface area contributed by atoms with Gasteiger partial charge in [0.1, 0.15) is 6.04 Å². The lowest BCUT2D eigenvalue weighted by molar-refractivity contribution is -0.142. The maximum Gasteiger partial charge on any atom is 0.251 e. The fourth-order valence-corrected chi connectivity index (χ4v) is 5.32. The molecule has 5 heterocycles. The Morgan fingerprint density at radius 2 is 2.00 bits per heavy atom. The monoisotopic (exact) mass is 469 g/mol. The predicted molar refractivity (Wildman–Crippen MR) is 121 cm³/mol. The van der Waals surface area contributed by atoms with Gasteiger partial charge in [0.15, 0.2) is 0 Å². The first-order valence-electron chi connectivity index (χ1n) is 10.4. The maximum absolute atomic E-state index is 13.5. The second-order valence-corrected chi connectivity index (χ2v) is 8.74. The highest BCUT2D eigenvalue weighted by atomic mass is 35.5. The van der Waals surface area contributed by atoms with E-state index in [1.165, 1.54) is 0 Å². The molecule has 3 aliphatic rings. The molecule has 8 nitrogen and oxygen atoms in total. The molecule has 170 valence electrons. The van der Waals surface area contributed by atoms with E-state index in [2.05, 4.69) is 10.3 Å². The summed E-state index contributed by atoms with van der Waals surface area (Å²) >= 11 is 0. The minimum Gasteiger partial charge on any atom is -0.388 e. The molecule has 3 atom stereocenters. The smallest absolute Gasteiger partial charge is 0.251 e. The number of piperidine rings is 2. The van der Waals surface area contributed by atoms with Crippen LogP contribution in [-0.2, 0) is 11.3 Å². The Morgan fingerprint density at radius 1 is 1.23 bits per heavy atom. The molecule has 2 fully saturated rings. The van der Waals surface area contributed by atoms with E-state index in [1.807, 2.05) is 21.7 Å². The van der Waals surface area contributed by atoms with Gasteiger partial charge in [-0.05, 0) is 25.3 Å². The van der Waals surface area contributed by atoms with Crippen molar-refractivity contribution in [2.75, 3.05) is 26.2 Å². The van der Waals surface area contributed by atoms with E-state index in [9.17, 15) is 14.7 Å². The lowest BCUT2D eigenvalue weighted by atomic mass is 9.78. The summed E-state index contributed by atoms with van der Waals surface area (Å²) in [5.74, 6) is 0.422. The number of carbonyl (C=O) groups is 1. The Balaban J connectivity index is 0.00000136. The summed E-state index contributed by atoms with van der Waals surface area (Å²) in [5, 5.41) is 14.4. The molecule has 5 rings (SSSR count). The highest BCUT2D eigenvalue weighted by Gasteiger charge is 2.44. The molecule has 0 saturated carbocycles. The quantitative estimate of drug-likeness (QED) is 0.704. The van der Waals surface area contributed by atoms with Crippen molar-refractivity contribution in [2.45, 2.75) is 43.4 Å². The van der Waals surface area contributed by atoms with Crippen molar-refractivity contribution in [1.82, 2.24) is 24.3 Å². The van der Waals surface area contributed by atoms with E-state index in [-0.39, 0.29) is 48.1 Å². The minimum atomic E-state index is -0.837. The molecule has 2 N–H and O–H groups in total. The minimum absolute atomic E-state index is 0. The molecule has 1 amide bonds. The van der Waals surface area contributed by atoms with Crippen LogP contribution in [0.1, 0.15) is 36.9 Å². The van der Waals surface area contributed by atoms with Gasteiger partial charge in [0.05, 0.1) is 18.5 Å². The van der Waals surface area contributed by atoms with E-state index < -0.39 is 11.6 Å². The maximum atomic E-state index is 13.5. The number of halogens is 2. The van der Waals surface area contributed by atoms with E-state index in [0.29, 0.717) is 32.5 Å². The normalized spacial score (nSPS) is 26.2. The number of hydrogen-bond acceptors (Lipinski definition) is 5. The molecule has 2 aromatic heterocycles. The van der Waals surface area contributed by atoms with Crippen LogP contribution < -0.4 is 10.9 Å². The van der Waals surface area contributed by atoms with E-state index in [1.54, 1.807) is 29.2 Å². The van der Waals surface area contributed by atoms with Gasteiger partial charge in [-0.25, -0.2) is 4.98 Å². The van der Waals surface area contributed by atoms with Crippen molar-refractivity contribution in [3.8, 4) is 0 Å². The third-order valence-electron chi connectivity index (χ3n) is 6.84. The summed E-state index contributed by atoms with van der Waals surface area (Å²) in [7, 11) is 0. The second kappa shape index (κ2) is 9.32. The Morgan fingerprint density at radius 3 is 2.71 bits per heavy atom. The largest absolute Gasteiger partial charge is 0.388 e. The van der Waals surface area contributed by atoms with Gasteiger partial charge >= 0.3 is 0 Å². The van der Waals surface area contributed by atoms with Crippen LogP contribution in [0.15, 0.2) is 41.7 Å². The van der Waals surface area contributed by atoms with E-state index in [4.69, 9.17) is 0 Å². The zero-order chi connectivity index (χ0) is 20.0. The Kier molecular flexibility index (Phi) is 7.15. The molecule has 2 saturated heterocycles. The van der Waals surface area contributed by atoms with Gasteiger partial charge in [0, 0.05) is 62.2 Å². The Labute approximate surface area is 193 Å². The molecule has 0 aromatic carbocycles. The van der Waals surface area contributed by atoms with Crippen LogP contribution in [0, 0.1) is 5.92 Å². The van der Waals surface area contributed by atoms with Gasteiger partial charge in [0.25, 0.3) is 5.56 Å². The lowest BCUT2D eigenvalue weighted by Crippen LogP contribution is -2.55. The molecular formula is C21H29Cl2N5O3. The van der Waals surface area contributed by atoms with Gasteiger partial charge in [-0.2, -0.15) is 0 Å². The van der Waals surface area contributed by atoms with Crippen molar-refractivity contribution in [2.24, 2.45) is 5.92 Å². The Bertz CT molecular complexity index is 956. The number of nitrogens with one attached hydrogen (secondary N) is 1. The molecule has 3 aliphatic heterocycles. The molecule has 2 aromatic rings. The van der Waals surface area contributed by atoms with Crippen molar-refractivity contribution in [3.05, 3.63) is 53.0 Å². The standard InChI is InChI=1S/C21H27N5O3.2ClH/c27-18-3-1-2-17-15-10-16(12-23-11-15)19(26(17)18)20(28)25-7-4-21(29,5-8-25)13-24-9-6-22-14-24;;/h1-3,6,9,14-16,19,23,29H,4-5,7-8,10-13H2;2*1H/t15-,16+,19-;;/m1../s1. The topological polar surface area (TPSA) is 92.4 Å². The molecule has 0 radical (unpaired) electrons. The van der Waals surface area contributed by atoms with Crippen LogP contribution >= 0.6 is 24.8 Å². The molecule has 0 aliphatic carbocycles. The molecule has 0 spiro atoms. The summed E-state index contributed by atoms with van der Waals surface area (Å²) in [6.45, 7) is 3.09. The van der Waals surface area contributed by atoms with Crippen molar-refractivity contribution in [1.29, 1.82) is 0 Å². The summed E-state index contributed by atoms with van der Waals surface area (Å²) < 4.78 is 3.62. The fourth-order valence-electron chi connectivity index (χ4n) is 5.32. The van der Waals surface area contributed by atoms with Crippen LogP contribution in [-0.4, -0.2) is 61.8 Å². The zero-order valence-corrected chi connectivity index (χ0v) is 18.9. The molecular weight excluding hydrogens is 441 g/mol. The van der Waals surface area contributed by atoms with Crippen LogP contribution in [0.25, 0.3) is 0 Å². The average Bonchev–Trinajstić information content (AvgIpc) is 3.22. The number of fused-ring (bicyclic) bond motifs is 4. The number of pyridine rings is 1. The molecule has 31 heavy (non-hydrogen) atoms. The van der Waals surface area contributed by atoms with Crippen molar-refractivity contribution < 1.29 is 9.90 Å². The number of nitrogens with zero attached hydrogens (tertiary/aromatic N) is 4. The van der Waals surface area contributed by atoms with Crippen molar-refractivity contribution >= 4 is 30.7 Å². The van der Waals surface area contributed by atoms with E-state index >= 15 is 0 Å². The Hall–Kier alpha value is -1.87. The fraction of sp³-hybridized carbons (Fsp3) is 0.571. The van der Waals surface area contributed by atoms with Gasteiger partial charge < -0.3 is 19.9 Å². The lowest BCUT2D eigenvalue weighted by Gasteiger charge is -2.45. The zero-order valence-electron chi connectivity index (χ0n) is 17.2. The number of aromatic nitrogens is 3. The first kappa shape index (κ1) is 23.8. The third kappa shape index (κ3) is 4.39. The number of aliphatic hydroxyl groups is 1. The SMILES string of the molecule is Cl.Cl.O=C([C@H]1[C@@H]2CNC[C@@H](C2)c2cccc(=O)n21)N1CCC(O)(Cn2ccnc2)CC1. The predicted octanol–water partition coefficient (Wildman–Crippen LogP) is 1.19. The average molecular weight is 470 g/mol.